The van der Waals surface area contributed by atoms with Gasteiger partial charge < -0.3 is 9.80 Å². The zero-order chi connectivity index (χ0) is 7.84. The van der Waals surface area contributed by atoms with Gasteiger partial charge in [0.1, 0.15) is 0 Å². The van der Waals surface area contributed by atoms with Crippen LogP contribution in [0, 0.1) is 11.8 Å². The fourth-order valence-electron chi connectivity index (χ4n) is 2.58. The smallest absolute Gasteiger partial charge is 0.00221 e. The van der Waals surface area contributed by atoms with E-state index in [2.05, 4.69) is 23.9 Å². The first-order chi connectivity index (χ1) is 5.25. The minimum atomic E-state index is 0.971. The maximum Gasteiger partial charge on any atom is 0.00221 e. The van der Waals surface area contributed by atoms with Crippen LogP contribution in [0.25, 0.3) is 0 Å². The van der Waals surface area contributed by atoms with Crippen molar-refractivity contribution in [1.29, 1.82) is 0 Å². The van der Waals surface area contributed by atoms with E-state index in [0.717, 1.165) is 11.8 Å². The van der Waals surface area contributed by atoms with Crippen molar-refractivity contribution < 1.29 is 0 Å². The van der Waals surface area contributed by atoms with Crippen LogP contribution in [0.3, 0.4) is 0 Å². The molecule has 2 aliphatic heterocycles. The quantitative estimate of drug-likeness (QED) is 0.501. The topological polar surface area (TPSA) is 6.48 Å². The molecule has 2 nitrogen and oxygen atoms in total. The summed E-state index contributed by atoms with van der Waals surface area (Å²) in [5, 5.41) is 0. The van der Waals surface area contributed by atoms with Gasteiger partial charge in [0.2, 0.25) is 0 Å². The molecule has 0 radical (unpaired) electrons. The molecule has 0 amide bonds. The van der Waals surface area contributed by atoms with Crippen LogP contribution >= 0.6 is 0 Å². The van der Waals surface area contributed by atoms with Crippen molar-refractivity contribution in [2.45, 2.75) is 6.42 Å². The van der Waals surface area contributed by atoms with Crippen LogP contribution in [-0.4, -0.2) is 50.1 Å². The molecule has 0 aromatic carbocycles. The molecule has 2 atom stereocenters. The van der Waals surface area contributed by atoms with Crippen LogP contribution in [-0.2, 0) is 0 Å². The first kappa shape index (κ1) is 7.56. The number of hydrogen-bond donors (Lipinski definition) is 0. The fraction of sp³-hybridized carbons (Fsp3) is 1.00. The van der Waals surface area contributed by atoms with Crippen molar-refractivity contribution in [2.24, 2.45) is 11.8 Å². The molecule has 0 spiro atoms. The maximum absolute atomic E-state index is 2.48. The van der Waals surface area contributed by atoms with Crippen LogP contribution in [0.4, 0.5) is 0 Å². The van der Waals surface area contributed by atoms with Gasteiger partial charge in [-0.25, -0.2) is 0 Å². The van der Waals surface area contributed by atoms with Gasteiger partial charge in [-0.1, -0.05) is 0 Å². The Hall–Kier alpha value is -0.0800. The van der Waals surface area contributed by atoms with Gasteiger partial charge in [0, 0.05) is 19.6 Å². The molecule has 0 bridgehead atoms. The summed E-state index contributed by atoms with van der Waals surface area (Å²) in [7, 11) is 4.49. The van der Waals surface area contributed by atoms with Crippen molar-refractivity contribution in [2.75, 3.05) is 40.3 Å². The predicted molar refractivity (Wildman–Crippen MR) is 46.6 cm³/mol. The third-order valence-corrected chi connectivity index (χ3v) is 3.19. The van der Waals surface area contributed by atoms with Crippen LogP contribution in [0.15, 0.2) is 0 Å². The summed E-state index contributed by atoms with van der Waals surface area (Å²) in [6.07, 6.45) is 1.42. The Morgan fingerprint density at radius 3 is 2.36 bits per heavy atom. The molecule has 2 heteroatoms. The van der Waals surface area contributed by atoms with Crippen LogP contribution in [0.2, 0.25) is 0 Å². The highest BCUT2D eigenvalue weighted by molar-refractivity contribution is 4.87. The molecule has 0 aromatic rings. The van der Waals surface area contributed by atoms with Crippen LogP contribution in [0.1, 0.15) is 6.42 Å². The maximum atomic E-state index is 2.48. The number of nitrogens with zero attached hydrogens (tertiary/aromatic N) is 2. The second kappa shape index (κ2) is 2.76. The third-order valence-electron chi connectivity index (χ3n) is 3.19. The minimum absolute atomic E-state index is 0.971. The van der Waals surface area contributed by atoms with Crippen molar-refractivity contribution in [1.82, 2.24) is 9.80 Å². The lowest BCUT2D eigenvalue weighted by atomic mass is 9.89. The highest BCUT2D eigenvalue weighted by Gasteiger charge is 2.34. The second-order valence-electron chi connectivity index (χ2n) is 4.29. The number of rotatable bonds is 0. The molecule has 2 aliphatic rings. The minimum Gasteiger partial charge on any atom is -0.306 e. The fourth-order valence-corrected chi connectivity index (χ4v) is 2.58. The van der Waals surface area contributed by atoms with Crippen molar-refractivity contribution >= 4 is 0 Å². The molecule has 2 fully saturated rings. The van der Waals surface area contributed by atoms with Gasteiger partial charge in [-0.15, -0.1) is 0 Å². The first-order valence-corrected chi connectivity index (χ1v) is 4.63. The van der Waals surface area contributed by atoms with E-state index in [9.17, 15) is 0 Å². The number of fused-ring (bicyclic) bond motifs is 1. The molecule has 64 valence electrons. The van der Waals surface area contributed by atoms with Crippen molar-refractivity contribution in [3.63, 3.8) is 0 Å². The van der Waals surface area contributed by atoms with Crippen molar-refractivity contribution in [3.05, 3.63) is 0 Å². The van der Waals surface area contributed by atoms with E-state index in [1.165, 1.54) is 32.6 Å². The van der Waals surface area contributed by atoms with E-state index in [4.69, 9.17) is 0 Å². The Balaban J connectivity index is 1.97. The highest BCUT2D eigenvalue weighted by Crippen LogP contribution is 2.29. The predicted octanol–water partition coefficient (Wildman–Crippen LogP) is 0.500. The standard InChI is InChI=1S/C9H18N2/c1-10-4-3-8-5-11(2)7-9(8)6-10/h8-9H,3-7H2,1-2H3/t8-,9?/m1/s1. The lowest BCUT2D eigenvalue weighted by Crippen LogP contribution is -2.37. The van der Waals surface area contributed by atoms with Gasteiger partial charge in [0.05, 0.1) is 0 Å². The summed E-state index contributed by atoms with van der Waals surface area (Å²) in [5.74, 6) is 1.98. The SMILES string of the molecule is CN1CC[C@@H]2CN(C)CC2C1. The summed E-state index contributed by atoms with van der Waals surface area (Å²) in [4.78, 5) is 4.95. The van der Waals surface area contributed by atoms with Crippen LogP contribution in [0.5, 0.6) is 0 Å². The number of likely N-dealkylation sites (tertiary alicyclic amines) is 2. The monoisotopic (exact) mass is 154 g/mol. The zero-order valence-corrected chi connectivity index (χ0v) is 7.58. The lowest BCUT2D eigenvalue weighted by molar-refractivity contribution is 0.178. The van der Waals surface area contributed by atoms with Gasteiger partial charge in [-0.3, -0.25) is 0 Å². The van der Waals surface area contributed by atoms with E-state index in [1.54, 1.807) is 0 Å². The average Bonchev–Trinajstić information content (AvgIpc) is 2.27. The molecule has 2 saturated heterocycles. The summed E-state index contributed by atoms with van der Waals surface area (Å²) < 4.78 is 0. The van der Waals surface area contributed by atoms with E-state index in [-0.39, 0.29) is 0 Å². The Labute approximate surface area is 69.2 Å². The largest absolute Gasteiger partial charge is 0.306 e. The van der Waals surface area contributed by atoms with Gasteiger partial charge in [0.15, 0.2) is 0 Å². The number of piperidine rings is 1. The van der Waals surface area contributed by atoms with E-state index >= 15 is 0 Å². The summed E-state index contributed by atoms with van der Waals surface area (Å²) in [6.45, 7) is 5.32. The second-order valence-corrected chi connectivity index (χ2v) is 4.29. The normalized spacial score (nSPS) is 40.9. The van der Waals surface area contributed by atoms with E-state index in [0.29, 0.717) is 0 Å². The highest BCUT2D eigenvalue weighted by atomic mass is 15.2. The molecule has 2 heterocycles. The Bertz CT molecular complexity index is 146. The van der Waals surface area contributed by atoms with Gasteiger partial charge in [-0.05, 0) is 38.9 Å². The Morgan fingerprint density at radius 1 is 0.909 bits per heavy atom. The lowest BCUT2D eigenvalue weighted by Gasteiger charge is -2.31. The van der Waals surface area contributed by atoms with Gasteiger partial charge in [0.25, 0.3) is 0 Å². The molecule has 0 aliphatic carbocycles. The average molecular weight is 154 g/mol. The Kier molecular flexibility index (Phi) is 1.90. The molecular weight excluding hydrogens is 136 g/mol. The van der Waals surface area contributed by atoms with Gasteiger partial charge >= 0.3 is 0 Å². The van der Waals surface area contributed by atoms with E-state index < -0.39 is 0 Å². The Morgan fingerprint density at radius 2 is 1.55 bits per heavy atom. The molecule has 0 aromatic heterocycles. The molecular formula is C9H18N2. The molecule has 2 rings (SSSR count). The molecule has 1 unspecified atom stereocenters. The van der Waals surface area contributed by atoms with Gasteiger partial charge in [-0.2, -0.15) is 0 Å². The molecule has 0 N–H and O–H groups in total. The molecule has 11 heavy (non-hydrogen) atoms. The summed E-state index contributed by atoms with van der Waals surface area (Å²) in [5.41, 5.74) is 0. The zero-order valence-electron chi connectivity index (χ0n) is 7.58. The van der Waals surface area contributed by atoms with Crippen LogP contribution < -0.4 is 0 Å². The summed E-state index contributed by atoms with van der Waals surface area (Å²) in [6, 6.07) is 0. The summed E-state index contributed by atoms with van der Waals surface area (Å²) >= 11 is 0. The molecule has 0 saturated carbocycles. The van der Waals surface area contributed by atoms with E-state index in [1.807, 2.05) is 0 Å². The van der Waals surface area contributed by atoms with Crippen molar-refractivity contribution in [3.8, 4) is 0 Å². The number of hydrogen-bond acceptors (Lipinski definition) is 2. The third kappa shape index (κ3) is 1.42. The first-order valence-electron chi connectivity index (χ1n) is 4.63.